The first kappa shape index (κ1) is 18.9. The van der Waals surface area contributed by atoms with Gasteiger partial charge in [0, 0.05) is 25.2 Å². The smallest absolute Gasteiger partial charge is 0.216 e. The number of hydrogen-bond acceptors (Lipinski definition) is 4. The van der Waals surface area contributed by atoms with E-state index >= 15 is 0 Å². The van der Waals surface area contributed by atoms with Crippen molar-refractivity contribution < 1.29 is 8.42 Å². The summed E-state index contributed by atoms with van der Waals surface area (Å²) in [7, 11) is -3.17. The van der Waals surface area contributed by atoms with Crippen LogP contribution in [0.2, 0.25) is 0 Å². The number of hydrogen-bond donors (Lipinski definition) is 1. The highest BCUT2D eigenvalue weighted by atomic mass is 32.2. The highest BCUT2D eigenvalue weighted by Crippen LogP contribution is 2.24. The van der Waals surface area contributed by atoms with Crippen LogP contribution >= 0.6 is 0 Å². The maximum atomic E-state index is 12.3. The minimum absolute atomic E-state index is 0.165. The van der Waals surface area contributed by atoms with Gasteiger partial charge in [0.25, 0.3) is 0 Å². The molecule has 24 heavy (non-hydrogen) atoms. The first-order chi connectivity index (χ1) is 11.3. The van der Waals surface area contributed by atoms with Crippen molar-refractivity contribution in [2.45, 2.75) is 51.4 Å². The normalized spacial score (nSPS) is 23.8. The van der Waals surface area contributed by atoms with Gasteiger partial charge in [-0.1, -0.05) is 19.1 Å². The van der Waals surface area contributed by atoms with Gasteiger partial charge in [-0.3, -0.25) is 0 Å². The molecule has 0 aliphatic carbocycles. The molecule has 0 radical (unpaired) electrons. The molecule has 0 unspecified atom stereocenters. The van der Waals surface area contributed by atoms with Crippen LogP contribution in [0.1, 0.15) is 51.3 Å². The monoisotopic (exact) mass is 349 g/mol. The van der Waals surface area contributed by atoms with Gasteiger partial charge in [-0.05, 0) is 50.8 Å². The number of sulfonamides is 1. The average molecular weight is 350 g/mol. The third-order valence-electron chi connectivity index (χ3n) is 4.83. The predicted octanol–water partition coefficient (Wildman–Crippen LogP) is 2.66. The van der Waals surface area contributed by atoms with Crippen LogP contribution in [0.4, 0.5) is 0 Å². The van der Waals surface area contributed by atoms with E-state index in [2.05, 4.69) is 25.2 Å². The second-order valence-corrected chi connectivity index (χ2v) is 9.44. The molecule has 0 aromatic heterocycles. The van der Waals surface area contributed by atoms with E-state index < -0.39 is 10.0 Å². The second kappa shape index (κ2) is 7.64. The zero-order valence-electron chi connectivity index (χ0n) is 14.9. The molecule has 1 N–H and O–H groups in total. The number of nitrogens with zero attached hydrogens (tertiary/aromatic N) is 2. The molecule has 3 atom stereocenters. The van der Waals surface area contributed by atoms with Crippen molar-refractivity contribution in [1.82, 2.24) is 9.62 Å². The number of nitriles is 1. The van der Waals surface area contributed by atoms with Gasteiger partial charge in [0.15, 0.2) is 0 Å². The Hall–Kier alpha value is -1.42. The quantitative estimate of drug-likeness (QED) is 0.887. The summed E-state index contributed by atoms with van der Waals surface area (Å²) in [6.07, 6.45) is 0.813. The van der Waals surface area contributed by atoms with E-state index in [1.54, 1.807) is 18.2 Å². The zero-order valence-corrected chi connectivity index (χ0v) is 15.7. The highest BCUT2D eigenvalue weighted by molar-refractivity contribution is 7.89. The fourth-order valence-corrected chi connectivity index (χ4v) is 4.55. The Bertz CT molecular complexity index is 692. The van der Waals surface area contributed by atoms with Gasteiger partial charge < -0.3 is 5.32 Å². The average Bonchev–Trinajstić information content (AvgIpc) is 2.56. The molecule has 1 saturated heterocycles. The van der Waals surface area contributed by atoms with Crippen molar-refractivity contribution in [3.05, 3.63) is 35.4 Å². The Morgan fingerprint density at radius 2 is 1.88 bits per heavy atom. The van der Waals surface area contributed by atoms with Crippen molar-refractivity contribution in [1.29, 1.82) is 5.26 Å². The van der Waals surface area contributed by atoms with Crippen molar-refractivity contribution >= 4 is 10.0 Å². The predicted molar refractivity (Wildman–Crippen MR) is 95.9 cm³/mol. The molecule has 0 amide bonds. The summed E-state index contributed by atoms with van der Waals surface area (Å²) < 4.78 is 26.3. The molecular formula is C18H27N3O2S. The van der Waals surface area contributed by atoms with Crippen LogP contribution in [0.25, 0.3) is 0 Å². The Labute approximate surface area is 145 Å². The molecule has 1 fully saturated rings. The maximum absolute atomic E-state index is 12.3. The molecule has 0 spiro atoms. The summed E-state index contributed by atoms with van der Waals surface area (Å²) in [6, 6.07) is 10.2. The summed E-state index contributed by atoms with van der Waals surface area (Å²) in [6.45, 7) is 8.81. The Morgan fingerprint density at radius 3 is 2.38 bits per heavy atom. The maximum Gasteiger partial charge on any atom is 0.216 e. The first-order valence-corrected chi connectivity index (χ1v) is 10.0. The second-order valence-electron chi connectivity index (χ2n) is 6.95. The van der Waals surface area contributed by atoms with E-state index in [9.17, 15) is 8.42 Å². The van der Waals surface area contributed by atoms with Crippen molar-refractivity contribution in [3.8, 4) is 6.07 Å². The molecule has 1 heterocycles. The lowest BCUT2D eigenvalue weighted by Crippen LogP contribution is -2.51. The van der Waals surface area contributed by atoms with Crippen LogP contribution < -0.4 is 5.32 Å². The lowest BCUT2D eigenvalue weighted by molar-refractivity contribution is 0.209. The Morgan fingerprint density at radius 1 is 1.25 bits per heavy atom. The molecule has 1 aromatic rings. The molecule has 1 aromatic carbocycles. The van der Waals surface area contributed by atoms with Crippen molar-refractivity contribution in [3.63, 3.8) is 0 Å². The Balaban J connectivity index is 1.98. The lowest BCUT2D eigenvalue weighted by Gasteiger charge is -2.38. The summed E-state index contributed by atoms with van der Waals surface area (Å²) in [5.74, 6) is 0.258. The van der Waals surface area contributed by atoms with Crippen LogP contribution in [0.15, 0.2) is 24.3 Å². The van der Waals surface area contributed by atoms with Crippen LogP contribution in [0, 0.1) is 17.2 Å². The molecule has 132 valence electrons. The van der Waals surface area contributed by atoms with E-state index in [4.69, 9.17) is 5.26 Å². The third kappa shape index (κ3) is 4.15. The number of benzene rings is 1. The number of rotatable bonds is 5. The summed E-state index contributed by atoms with van der Waals surface area (Å²) >= 11 is 0. The molecule has 0 bridgehead atoms. The van der Waals surface area contributed by atoms with Gasteiger partial charge in [0.1, 0.15) is 0 Å². The first-order valence-electron chi connectivity index (χ1n) is 8.50. The summed E-state index contributed by atoms with van der Waals surface area (Å²) in [4.78, 5) is 0. The van der Waals surface area contributed by atoms with Gasteiger partial charge >= 0.3 is 0 Å². The SMILES string of the molecule is CC(C)S(=O)(=O)N1CC[C@H](N[C@@H](C)c2ccc(C#N)cc2)[C@@H](C)C1. The van der Waals surface area contributed by atoms with Gasteiger partial charge in [0.05, 0.1) is 16.9 Å². The topological polar surface area (TPSA) is 73.2 Å². The van der Waals surface area contributed by atoms with E-state index in [-0.39, 0.29) is 23.3 Å². The van der Waals surface area contributed by atoms with Crippen LogP contribution in [-0.4, -0.2) is 37.1 Å². The molecule has 2 rings (SSSR count). The third-order valence-corrected chi connectivity index (χ3v) is 7.07. The fraction of sp³-hybridized carbons (Fsp3) is 0.611. The number of piperidine rings is 1. The Kier molecular flexibility index (Phi) is 6.02. The number of nitrogens with one attached hydrogen (secondary N) is 1. The van der Waals surface area contributed by atoms with Gasteiger partial charge in [-0.25, -0.2) is 12.7 Å². The van der Waals surface area contributed by atoms with Crippen LogP contribution in [-0.2, 0) is 10.0 Å². The van der Waals surface area contributed by atoms with Crippen LogP contribution in [0.3, 0.4) is 0 Å². The molecule has 6 heteroatoms. The highest BCUT2D eigenvalue weighted by Gasteiger charge is 2.34. The fourth-order valence-electron chi connectivity index (χ4n) is 3.15. The van der Waals surface area contributed by atoms with E-state index in [1.807, 2.05) is 24.3 Å². The minimum atomic E-state index is -3.17. The largest absolute Gasteiger partial charge is 0.307 e. The van der Waals surface area contributed by atoms with Gasteiger partial charge in [-0.2, -0.15) is 5.26 Å². The molecule has 0 saturated carbocycles. The summed E-state index contributed by atoms with van der Waals surface area (Å²) in [5.41, 5.74) is 1.80. The summed E-state index contributed by atoms with van der Waals surface area (Å²) in [5, 5.41) is 12.1. The van der Waals surface area contributed by atoms with E-state index in [1.165, 1.54) is 0 Å². The van der Waals surface area contributed by atoms with Crippen LogP contribution in [0.5, 0.6) is 0 Å². The zero-order chi connectivity index (χ0) is 17.9. The molecule has 1 aliphatic heterocycles. The van der Waals surface area contributed by atoms with Gasteiger partial charge in [0.2, 0.25) is 10.0 Å². The lowest BCUT2D eigenvalue weighted by atomic mass is 9.93. The van der Waals surface area contributed by atoms with E-state index in [0.29, 0.717) is 18.7 Å². The van der Waals surface area contributed by atoms with Crippen molar-refractivity contribution in [2.24, 2.45) is 5.92 Å². The van der Waals surface area contributed by atoms with E-state index in [0.717, 1.165) is 12.0 Å². The molecular weight excluding hydrogens is 322 g/mol. The molecule has 1 aliphatic rings. The standard InChI is InChI=1S/C18H27N3O2S/c1-13(2)24(22,23)21-10-9-18(14(3)12-21)20-15(4)17-7-5-16(11-19)6-8-17/h5-8,13-15,18,20H,9-10,12H2,1-4H3/t14-,15-,18-/m0/s1. The minimum Gasteiger partial charge on any atom is -0.307 e. The van der Waals surface area contributed by atoms with Crippen molar-refractivity contribution in [2.75, 3.05) is 13.1 Å². The van der Waals surface area contributed by atoms with Gasteiger partial charge in [-0.15, -0.1) is 0 Å². The molecule has 5 nitrogen and oxygen atoms in total.